The van der Waals surface area contributed by atoms with Gasteiger partial charge in [-0.2, -0.15) is 0 Å². The molecule has 2 rings (SSSR count). The van der Waals surface area contributed by atoms with Crippen LogP contribution in [0, 0.1) is 13.8 Å². The summed E-state index contributed by atoms with van der Waals surface area (Å²) >= 11 is 0. The molecule has 0 bridgehead atoms. The van der Waals surface area contributed by atoms with Gasteiger partial charge >= 0.3 is 0 Å². The highest BCUT2D eigenvalue weighted by atomic mass is 32.2. The standard InChI is InChI=1S/C20H26N2O4S/c1-5-16(4)22-27(24,25)18-10-8-17(9-11-18)26-13-20(23)21-19-12-14(2)6-7-15(19)3/h6-12,16,22H,5,13H2,1-4H3,(H,21,23)/t16-/m0/s1. The summed E-state index contributed by atoms with van der Waals surface area (Å²) in [5.74, 6) is 0.146. The first kappa shape index (κ1) is 20.9. The molecule has 0 aliphatic rings. The van der Waals surface area contributed by atoms with Crippen molar-refractivity contribution in [3.63, 3.8) is 0 Å². The monoisotopic (exact) mass is 390 g/mol. The highest BCUT2D eigenvalue weighted by Gasteiger charge is 2.16. The maximum Gasteiger partial charge on any atom is 0.262 e. The zero-order valence-corrected chi connectivity index (χ0v) is 16.9. The number of aryl methyl sites for hydroxylation is 2. The number of hydrogen-bond acceptors (Lipinski definition) is 4. The Kier molecular flexibility index (Phi) is 6.98. The van der Waals surface area contributed by atoms with Crippen LogP contribution in [-0.4, -0.2) is 27.0 Å². The van der Waals surface area contributed by atoms with E-state index in [1.54, 1.807) is 0 Å². The number of benzene rings is 2. The van der Waals surface area contributed by atoms with Crippen LogP contribution >= 0.6 is 0 Å². The first-order valence-electron chi connectivity index (χ1n) is 8.83. The maximum atomic E-state index is 12.2. The molecule has 1 amide bonds. The number of anilines is 1. The van der Waals surface area contributed by atoms with Crippen molar-refractivity contribution in [1.29, 1.82) is 0 Å². The molecule has 0 heterocycles. The van der Waals surface area contributed by atoms with E-state index >= 15 is 0 Å². The van der Waals surface area contributed by atoms with Gasteiger partial charge in [0.2, 0.25) is 10.0 Å². The zero-order valence-electron chi connectivity index (χ0n) is 16.1. The van der Waals surface area contributed by atoms with Gasteiger partial charge in [-0.3, -0.25) is 4.79 Å². The summed E-state index contributed by atoms with van der Waals surface area (Å²) in [4.78, 5) is 12.2. The summed E-state index contributed by atoms with van der Waals surface area (Å²) in [6, 6.07) is 11.7. The summed E-state index contributed by atoms with van der Waals surface area (Å²) in [5.41, 5.74) is 2.78. The second-order valence-corrected chi connectivity index (χ2v) is 8.27. The van der Waals surface area contributed by atoms with Gasteiger partial charge in [0.1, 0.15) is 5.75 Å². The van der Waals surface area contributed by atoms with Gasteiger partial charge in [0.25, 0.3) is 5.91 Å². The molecule has 0 saturated heterocycles. The molecule has 2 N–H and O–H groups in total. The largest absolute Gasteiger partial charge is 0.484 e. The van der Waals surface area contributed by atoms with E-state index in [4.69, 9.17) is 4.74 Å². The number of carbonyl (C=O) groups is 1. The Hall–Kier alpha value is -2.38. The predicted molar refractivity (Wildman–Crippen MR) is 107 cm³/mol. The lowest BCUT2D eigenvalue weighted by molar-refractivity contribution is -0.118. The van der Waals surface area contributed by atoms with E-state index in [2.05, 4.69) is 10.0 Å². The molecule has 2 aromatic carbocycles. The van der Waals surface area contributed by atoms with Crippen LogP contribution < -0.4 is 14.8 Å². The number of ether oxygens (including phenoxy) is 1. The molecule has 0 spiro atoms. The quantitative estimate of drug-likeness (QED) is 0.723. The molecule has 0 fully saturated rings. The van der Waals surface area contributed by atoms with Crippen LogP contribution in [0.4, 0.5) is 5.69 Å². The number of rotatable bonds is 8. The minimum Gasteiger partial charge on any atom is -0.484 e. The second-order valence-electron chi connectivity index (χ2n) is 6.56. The lowest BCUT2D eigenvalue weighted by Crippen LogP contribution is -2.31. The minimum absolute atomic E-state index is 0.139. The van der Waals surface area contributed by atoms with Crippen LogP contribution in [0.15, 0.2) is 47.4 Å². The SMILES string of the molecule is CC[C@H](C)NS(=O)(=O)c1ccc(OCC(=O)Nc2cc(C)ccc2C)cc1. The van der Waals surface area contributed by atoms with E-state index in [-0.39, 0.29) is 23.5 Å². The van der Waals surface area contributed by atoms with Crippen molar-refractivity contribution >= 4 is 21.6 Å². The van der Waals surface area contributed by atoms with Gasteiger partial charge in [0.15, 0.2) is 6.61 Å². The van der Waals surface area contributed by atoms with Crippen molar-refractivity contribution in [3.8, 4) is 5.75 Å². The molecule has 27 heavy (non-hydrogen) atoms. The van der Waals surface area contributed by atoms with Crippen LogP contribution in [0.3, 0.4) is 0 Å². The molecule has 0 saturated carbocycles. The van der Waals surface area contributed by atoms with Crippen LogP contribution in [0.5, 0.6) is 5.75 Å². The molecule has 146 valence electrons. The third-order valence-electron chi connectivity index (χ3n) is 4.14. The molecular formula is C20H26N2O4S. The van der Waals surface area contributed by atoms with E-state index < -0.39 is 10.0 Å². The average molecular weight is 391 g/mol. The van der Waals surface area contributed by atoms with Crippen molar-refractivity contribution in [1.82, 2.24) is 4.72 Å². The molecule has 0 radical (unpaired) electrons. The van der Waals surface area contributed by atoms with E-state index in [1.807, 2.05) is 45.9 Å². The van der Waals surface area contributed by atoms with E-state index in [0.717, 1.165) is 16.8 Å². The highest BCUT2D eigenvalue weighted by Crippen LogP contribution is 2.18. The topological polar surface area (TPSA) is 84.5 Å². The Morgan fingerprint density at radius 3 is 2.41 bits per heavy atom. The number of nitrogens with one attached hydrogen (secondary N) is 2. The molecular weight excluding hydrogens is 364 g/mol. The van der Waals surface area contributed by atoms with Gasteiger partial charge in [-0.25, -0.2) is 13.1 Å². The Morgan fingerprint density at radius 2 is 1.78 bits per heavy atom. The lowest BCUT2D eigenvalue weighted by Gasteiger charge is -2.13. The third-order valence-corrected chi connectivity index (χ3v) is 5.75. The van der Waals surface area contributed by atoms with Gasteiger partial charge in [-0.1, -0.05) is 19.1 Å². The second kappa shape index (κ2) is 9.01. The average Bonchev–Trinajstić information content (AvgIpc) is 2.63. The Bertz CT molecular complexity index is 893. The van der Waals surface area contributed by atoms with Crippen LogP contribution in [0.1, 0.15) is 31.4 Å². The van der Waals surface area contributed by atoms with Gasteiger partial charge in [-0.05, 0) is 68.7 Å². The van der Waals surface area contributed by atoms with E-state index in [0.29, 0.717) is 12.2 Å². The summed E-state index contributed by atoms with van der Waals surface area (Å²) in [6.07, 6.45) is 0.704. The number of hydrogen-bond donors (Lipinski definition) is 2. The summed E-state index contributed by atoms with van der Waals surface area (Å²) < 4.78 is 32.5. The van der Waals surface area contributed by atoms with Crippen LogP contribution in [-0.2, 0) is 14.8 Å². The normalized spacial score (nSPS) is 12.4. The van der Waals surface area contributed by atoms with Crippen molar-refractivity contribution in [2.45, 2.75) is 45.1 Å². The fourth-order valence-corrected chi connectivity index (χ4v) is 3.66. The first-order chi connectivity index (χ1) is 12.7. The summed E-state index contributed by atoms with van der Waals surface area (Å²) in [5, 5.41) is 2.82. The lowest BCUT2D eigenvalue weighted by atomic mass is 10.1. The molecule has 7 heteroatoms. The molecule has 6 nitrogen and oxygen atoms in total. The number of carbonyl (C=O) groups excluding carboxylic acids is 1. The minimum atomic E-state index is -3.55. The van der Waals surface area contributed by atoms with Gasteiger partial charge in [-0.15, -0.1) is 0 Å². The molecule has 2 aromatic rings. The van der Waals surface area contributed by atoms with Gasteiger partial charge < -0.3 is 10.1 Å². The fraction of sp³-hybridized carbons (Fsp3) is 0.350. The molecule has 0 aliphatic carbocycles. The smallest absolute Gasteiger partial charge is 0.262 e. The van der Waals surface area contributed by atoms with Crippen molar-refractivity contribution in [2.75, 3.05) is 11.9 Å². The Labute approximate surface area is 161 Å². The highest BCUT2D eigenvalue weighted by molar-refractivity contribution is 7.89. The molecule has 0 aromatic heterocycles. The van der Waals surface area contributed by atoms with Crippen LogP contribution in [0.2, 0.25) is 0 Å². The first-order valence-corrected chi connectivity index (χ1v) is 10.3. The maximum absolute atomic E-state index is 12.2. The predicted octanol–water partition coefficient (Wildman–Crippen LogP) is 3.40. The summed E-state index contributed by atoms with van der Waals surface area (Å²) in [6.45, 7) is 7.43. The molecule has 0 unspecified atom stereocenters. The fourth-order valence-electron chi connectivity index (χ4n) is 2.34. The zero-order chi connectivity index (χ0) is 20.0. The van der Waals surface area contributed by atoms with Crippen molar-refractivity contribution in [3.05, 3.63) is 53.6 Å². The van der Waals surface area contributed by atoms with Crippen molar-refractivity contribution < 1.29 is 17.9 Å². The van der Waals surface area contributed by atoms with Gasteiger partial charge in [0, 0.05) is 11.7 Å². The number of amides is 1. The van der Waals surface area contributed by atoms with E-state index in [1.165, 1.54) is 24.3 Å². The molecule has 0 aliphatic heterocycles. The Balaban J connectivity index is 1.95. The Morgan fingerprint density at radius 1 is 1.11 bits per heavy atom. The van der Waals surface area contributed by atoms with Crippen molar-refractivity contribution in [2.24, 2.45) is 0 Å². The van der Waals surface area contributed by atoms with Crippen LogP contribution in [0.25, 0.3) is 0 Å². The molecule has 1 atom stereocenters. The third kappa shape index (κ3) is 6.08. The van der Waals surface area contributed by atoms with Gasteiger partial charge in [0.05, 0.1) is 4.90 Å². The summed E-state index contributed by atoms with van der Waals surface area (Å²) in [7, 11) is -3.55. The number of sulfonamides is 1. The van der Waals surface area contributed by atoms with E-state index in [9.17, 15) is 13.2 Å².